The number of nitrogens with zero attached hydrogens (tertiary/aromatic N) is 2. The maximum absolute atomic E-state index is 4.60. The Morgan fingerprint density at radius 1 is 1.25 bits per heavy atom. The fraction of sp³-hybridized carbons (Fsp3) is 0.471. The van der Waals surface area contributed by atoms with Gasteiger partial charge >= 0.3 is 0 Å². The molecule has 0 amide bonds. The molecule has 1 atom stereocenters. The molecule has 0 aliphatic carbocycles. The second kappa shape index (κ2) is 5.41. The predicted molar refractivity (Wildman–Crippen MR) is 82.9 cm³/mol. The van der Waals surface area contributed by atoms with Crippen LogP contribution in [0.1, 0.15) is 29.7 Å². The van der Waals surface area contributed by atoms with Crippen molar-refractivity contribution in [1.82, 2.24) is 15.1 Å². The lowest BCUT2D eigenvalue weighted by atomic mass is 9.99. The molecule has 0 spiro atoms. The largest absolute Gasteiger partial charge is 0.312 e. The second-order valence-electron chi connectivity index (χ2n) is 5.94. The quantitative estimate of drug-likeness (QED) is 0.927. The standard InChI is InChI=1S/C17H23N3/c1-12-6-7-13(2)16(9-12)17-10-19-20(14(17)3)11-15-5-4-8-18-15/h6-7,9-10,15,18H,4-5,8,11H2,1-3H3. The van der Waals surface area contributed by atoms with Crippen molar-refractivity contribution in [1.29, 1.82) is 0 Å². The molecule has 3 rings (SSSR count). The van der Waals surface area contributed by atoms with Crippen LogP contribution in [0.5, 0.6) is 0 Å². The van der Waals surface area contributed by atoms with Crippen LogP contribution in [0.15, 0.2) is 24.4 Å². The van der Waals surface area contributed by atoms with Crippen LogP contribution in [-0.4, -0.2) is 22.4 Å². The second-order valence-corrected chi connectivity index (χ2v) is 5.94. The Bertz CT molecular complexity index is 607. The van der Waals surface area contributed by atoms with Crippen molar-refractivity contribution in [2.75, 3.05) is 6.54 Å². The van der Waals surface area contributed by atoms with Gasteiger partial charge in [-0.2, -0.15) is 5.10 Å². The third-order valence-electron chi connectivity index (χ3n) is 4.34. The number of nitrogens with one attached hydrogen (secondary N) is 1. The zero-order chi connectivity index (χ0) is 14.1. The average molecular weight is 269 g/mol. The molecule has 2 heterocycles. The normalized spacial score (nSPS) is 18.6. The number of hydrogen-bond donors (Lipinski definition) is 1. The first kappa shape index (κ1) is 13.4. The molecule has 1 aromatic heterocycles. The Balaban J connectivity index is 1.91. The van der Waals surface area contributed by atoms with Crippen molar-refractivity contribution in [2.24, 2.45) is 0 Å². The summed E-state index contributed by atoms with van der Waals surface area (Å²) in [6, 6.07) is 7.21. The van der Waals surface area contributed by atoms with E-state index in [4.69, 9.17) is 0 Å². The first-order chi connectivity index (χ1) is 9.65. The number of benzene rings is 1. The highest BCUT2D eigenvalue weighted by Crippen LogP contribution is 2.27. The third-order valence-corrected chi connectivity index (χ3v) is 4.34. The zero-order valence-corrected chi connectivity index (χ0v) is 12.6. The fourth-order valence-electron chi connectivity index (χ4n) is 3.04. The van der Waals surface area contributed by atoms with Crippen LogP contribution in [0.2, 0.25) is 0 Å². The van der Waals surface area contributed by atoms with Gasteiger partial charge in [-0.1, -0.05) is 23.8 Å². The first-order valence-electron chi connectivity index (χ1n) is 7.48. The number of aryl methyl sites for hydroxylation is 2. The summed E-state index contributed by atoms with van der Waals surface area (Å²) in [7, 11) is 0. The van der Waals surface area contributed by atoms with Crippen molar-refractivity contribution >= 4 is 0 Å². The molecule has 106 valence electrons. The molecule has 3 heteroatoms. The Kier molecular flexibility index (Phi) is 3.62. The van der Waals surface area contributed by atoms with E-state index in [0.29, 0.717) is 6.04 Å². The summed E-state index contributed by atoms with van der Waals surface area (Å²) in [5, 5.41) is 8.14. The van der Waals surface area contributed by atoms with E-state index in [1.807, 2.05) is 6.20 Å². The molecule has 1 aliphatic heterocycles. The van der Waals surface area contributed by atoms with E-state index in [0.717, 1.165) is 13.1 Å². The van der Waals surface area contributed by atoms with Crippen LogP contribution in [0.25, 0.3) is 11.1 Å². The molecule has 1 aromatic carbocycles. The van der Waals surface area contributed by atoms with Gasteiger partial charge in [0.05, 0.1) is 12.7 Å². The van der Waals surface area contributed by atoms with Gasteiger partial charge in [0.1, 0.15) is 0 Å². The van der Waals surface area contributed by atoms with Gasteiger partial charge in [0.15, 0.2) is 0 Å². The minimum atomic E-state index is 0.583. The van der Waals surface area contributed by atoms with Crippen molar-refractivity contribution in [3.05, 3.63) is 41.2 Å². The van der Waals surface area contributed by atoms with E-state index in [1.54, 1.807) is 0 Å². The predicted octanol–water partition coefficient (Wildman–Crippen LogP) is 3.23. The smallest absolute Gasteiger partial charge is 0.0571 e. The molecule has 1 unspecified atom stereocenters. The van der Waals surface area contributed by atoms with Crippen molar-refractivity contribution in [3.63, 3.8) is 0 Å². The highest BCUT2D eigenvalue weighted by atomic mass is 15.3. The summed E-state index contributed by atoms with van der Waals surface area (Å²) in [5.41, 5.74) is 6.47. The van der Waals surface area contributed by atoms with Gasteiger partial charge in [0, 0.05) is 17.3 Å². The van der Waals surface area contributed by atoms with Gasteiger partial charge in [-0.25, -0.2) is 0 Å². The van der Waals surface area contributed by atoms with Crippen LogP contribution >= 0.6 is 0 Å². The summed E-state index contributed by atoms with van der Waals surface area (Å²) < 4.78 is 2.15. The number of aromatic nitrogens is 2. The lowest BCUT2D eigenvalue weighted by Crippen LogP contribution is -2.27. The summed E-state index contributed by atoms with van der Waals surface area (Å²) in [4.78, 5) is 0. The van der Waals surface area contributed by atoms with E-state index in [2.05, 4.69) is 54.1 Å². The summed E-state index contributed by atoms with van der Waals surface area (Å²) >= 11 is 0. The van der Waals surface area contributed by atoms with Crippen LogP contribution in [-0.2, 0) is 6.54 Å². The Hall–Kier alpha value is -1.61. The molecule has 20 heavy (non-hydrogen) atoms. The monoisotopic (exact) mass is 269 g/mol. The van der Waals surface area contributed by atoms with Gasteiger partial charge in [-0.15, -0.1) is 0 Å². The Labute approximate surface area is 121 Å². The molecule has 0 radical (unpaired) electrons. The highest BCUT2D eigenvalue weighted by molar-refractivity contribution is 5.69. The van der Waals surface area contributed by atoms with Crippen LogP contribution in [0.4, 0.5) is 0 Å². The third kappa shape index (κ3) is 2.50. The summed E-state index contributed by atoms with van der Waals surface area (Å²) in [5.74, 6) is 0. The van der Waals surface area contributed by atoms with E-state index >= 15 is 0 Å². The average Bonchev–Trinajstić information content (AvgIpc) is 3.05. The van der Waals surface area contributed by atoms with Crippen molar-refractivity contribution in [3.8, 4) is 11.1 Å². The molecule has 1 aliphatic rings. The van der Waals surface area contributed by atoms with E-state index in [9.17, 15) is 0 Å². The van der Waals surface area contributed by atoms with Crippen molar-refractivity contribution in [2.45, 2.75) is 46.2 Å². The van der Waals surface area contributed by atoms with Gasteiger partial charge in [-0.3, -0.25) is 4.68 Å². The molecule has 1 saturated heterocycles. The number of hydrogen-bond acceptors (Lipinski definition) is 2. The first-order valence-corrected chi connectivity index (χ1v) is 7.48. The van der Waals surface area contributed by atoms with Crippen LogP contribution in [0, 0.1) is 20.8 Å². The fourth-order valence-corrected chi connectivity index (χ4v) is 3.04. The van der Waals surface area contributed by atoms with Gasteiger partial charge < -0.3 is 5.32 Å². The lowest BCUT2D eigenvalue weighted by molar-refractivity contribution is 0.469. The maximum atomic E-state index is 4.60. The minimum Gasteiger partial charge on any atom is -0.312 e. The molecule has 0 bridgehead atoms. The summed E-state index contributed by atoms with van der Waals surface area (Å²) in [6.45, 7) is 8.62. The van der Waals surface area contributed by atoms with Gasteiger partial charge in [0.2, 0.25) is 0 Å². The topological polar surface area (TPSA) is 29.9 Å². The van der Waals surface area contributed by atoms with Crippen LogP contribution < -0.4 is 5.32 Å². The molecular weight excluding hydrogens is 246 g/mol. The van der Waals surface area contributed by atoms with Gasteiger partial charge in [-0.05, 0) is 51.3 Å². The van der Waals surface area contributed by atoms with Crippen molar-refractivity contribution < 1.29 is 0 Å². The number of rotatable bonds is 3. The Morgan fingerprint density at radius 3 is 2.85 bits per heavy atom. The van der Waals surface area contributed by atoms with E-state index in [-0.39, 0.29) is 0 Å². The van der Waals surface area contributed by atoms with Crippen LogP contribution in [0.3, 0.4) is 0 Å². The molecule has 2 aromatic rings. The zero-order valence-electron chi connectivity index (χ0n) is 12.6. The minimum absolute atomic E-state index is 0.583. The SMILES string of the molecule is Cc1ccc(C)c(-c2cnn(CC3CCCN3)c2C)c1. The molecule has 0 saturated carbocycles. The molecule has 1 N–H and O–H groups in total. The highest BCUT2D eigenvalue weighted by Gasteiger charge is 2.17. The molecule has 3 nitrogen and oxygen atoms in total. The summed E-state index contributed by atoms with van der Waals surface area (Å²) in [6.07, 6.45) is 4.57. The van der Waals surface area contributed by atoms with Gasteiger partial charge in [0.25, 0.3) is 0 Å². The molecular formula is C17H23N3. The Morgan fingerprint density at radius 2 is 2.10 bits per heavy atom. The lowest BCUT2D eigenvalue weighted by Gasteiger charge is -2.12. The maximum Gasteiger partial charge on any atom is 0.0571 e. The molecule has 1 fully saturated rings. The van der Waals surface area contributed by atoms with E-state index < -0.39 is 0 Å². The van der Waals surface area contributed by atoms with E-state index in [1.165, 1.54) is 40.8 Å².